The molecule has 5 heteroatoms. The lowest BCUT2D eigenvalue weighted by Crippen LogP contribution is -2.42. The van der Waals surface area contributed by atoms with E-state index in [0.29, 0.717) is 17.7 Å². The molecule has 126 valence electrons. The van der Waals surface area contributed by atoms with E-state index < -0.39 is 5.60 Å². The van der Waals surface area contributed by atoms with Crippen molar-refractivity contribution in [1.82, 2.24) is 5.32 Å². The lowest BCUT2D eigenvalue weighted by Gasteiger charge is -2.37. The van der Waals surface area contributed by atoms with Crippen molar-refractivity contribution in [2.24, 2.45) is 0 Å². The van der Waals surface area contributed by atoms with Gasteiger partial charge in [0.1, 0.15) is 17.2 Å². The van der Waals surface area contributed by atoms with Gasteiger partial charge < -0.3 is 15.4 Å². The number of carbonyl (C=O) groups is 1. The van der Waals surface area contributed by atoms with Crippen molar-refractivity contribution in [2.75, 3.05) is 5.32 Å². The lowest BCUT2D eigenvalue weighted by molar-refractivity contribution is 0.0680. The number of anilines is 1. The molecule has 0 bridgehead atoms. The second-order valence-electron chi connectivity index (χ2n) is 6.71. The number of benzene rings is 2. The van der Waals surface area contributed by atoms with Crippen LogP contribution in [0, 0.1) is 12.7 Å². The van der Waals surface area contributed by atoms with E-state index >= 15 is 0 Å². The minimum absolute atomic E-state index is 0.316. The number of amides is 2. The van der Waals surface area contributed by atoms with Crippen molar-refractivity contribution in [3.63, 3.8) is 0 Å². The first-order chi connectivity index (χ1) is 11.3. The smallest absolute Gasteiger partial charge is 0.319 e. The number of para-hydroxylation sites is 1. The number of halogens is 1. The van der Waals surface area contributed by atoms with Gasteiger partial charge >= 0.3 is 6.03 Å². The fraction of sp³-hybridized carbons (Fsp3) is 0.316. The summed E-state index contributed by atoms with van der Waals surface area (Å²) in [5.74, 6) is 0.261. The van der Waals surface area contributed by atoms with Gasteiger partial charge in [-0.3, -0.25) is 0 Å². The summed E-state index contributed by atoms with van der Waals surface area (Å²) in [6.45, 7) is 5.83. The minimum Gasteiger partial charge on any atom is -0.487 e. The van der Waals surface area contributed by atoms with Gasteiger partial charge in [-0.25, -0.2) is 9.18 Å². The topological polar surface area (TPSA) is 50.4 Å². The summed E-state index contributed by atoms with van der Waals surface area (Å²) in [5.41, 5.74) is 1.95. The molecule has 4 nitrogen and oxygen atoms in total. The Kier molecular flexibility index (Phi) is 4.18. The SMILES string of the molecule is Cc1ccccc1NC(=O)N[C@@H]1CC(C)(C)Oc2ccc(F)cc21. The zero-order valence-corrected chi connectivity index (χ0v) is 14.0. The van der Waals surface area contributed by atoms with E-state index in [0.717, 1.165) is 11.3 Å². The van der Waals surface area contributed by atoms with Crippen LogP contribution in [0.4, 0.5) is 14.9 Å². The molecule has 0 saturated heterocycles. The first kappa shape index (κ1) is 16.3. The largest absolute Gasteiger partial charge is 0.487 e. The van der Waals surface area contributed by atoms with Crippen LogP contribution in [0.5, 0.6) is 5.75 Å². The molecule has 2 amide bonds. The van der Waals surface area contributed by atoms with Crippen molar-refractivity contribution >= 4 is 11.7 Å². The van der Waals surface area contributed by atoms with E-state index in [4.69, 9.17) is 4.74 Å². The zero-order valence-electron chi connectivity index (χ0n) is 14.0. The molecule has 0 spiro atoms. The molecule has 24 heavy (non-hydrogen) atoms. The van der Waals surface area contributed by atoms with Crippen LogP contribution < -0.4 is 15.4 Å². The number of hydrogen-bond donors (Lipinski definition) is 2. The number of rotatable bonds is 2. The number of fused-ring (bicyclic) bond motifs is 1. The summed E-state index contributed by atoms with van der Waals surface area (Å²) < 4.78 is 19.5. The first-order valence-electron chi connectivity index (χ1n) is 7.96. The highest BCUT2D eigenvalue weighted by atomic mass is 19.1. The maximum Gasteiger partial charge on any atom is 0.319 e. The fourth-order valence-corrected chi connectivity index (χ4v) is 2.98. The number of carbonyl (C=O) groups excluding carboxylic acids is 1. The predicted octanol–water partition coefficient (Wildman–Crippen LogP) is 4.56. The molecule has 0 fully saturated rings. The van der Waals surface area contributed by atoms with Crippen LogP contribution in [0.3, 0.4) is 0 Å². The molecule has 0 aliphatic carbocycles. The molecule has 2 N–H and O–H groups in total. The third-order valence-corrected chi connectivity index (χ3v) is 4.13. The number of hydrogen-bond acceptors (Lipinski definition) is 2. The van der Waals surface area contributed by atoms with Crippen molar-refractivity contribution in [3.05, 3.63) is 59.4 Å². The number of ether oxygens (including phenoxy) is 1. The fourth-order valence-electron chi connectivity index (χ4n) is 2.98. The van der Waals surface area contributed by atoms with E-state index in [1.165, 1.54) is 12.1 Å². The molecule has 0 aromatic heterocycles. The molecule has 2 aromatic rings. The summed E-state index contributed by atoms with van der Waals surface area (Å²) >= 11 is 0. The Morgan fingerprint density at radius 3 is 2.75 bits per heavy atom. The average molecular weight is 328 g/mol. The third-order valence-electron chi connectivity index (χ3n) is 4.13. The van der Waals surface area contributed by atoms with Gasteiger partial charge in [0.25, 0.3) is 0 Å². The molecule has 1 heterocycles. The van der Waals surface area contributed by atoms with Crippen LogP contribution in [0.15, 0.2) is 42.5 Å². The highest BCUT2D eigenvalue weighted by molar-refractivity contribution is 5.90. The number of aryl methyl sites for hydroxylation is 1. The van der Waals surface area contributed by atoms with Gasteiger partial charge in [-0.15, -0.1) is 0 Å². The van der Waals surface area contributed by atoms with Crippen LogP contribution in [0.2, 0.25) is 0 Å². The molecule has 2 aromatic carbocycles. The highest BCUT2D eigenvalue weighted by Gasteiger charge is 2.34. The van der Waals surface area contributed by atoms with Gasteiger partial charge in [0.15, 0.2) is 0 Å². The van der Waals surface area contributed by atoms with Crippen LogP contribution in [-0.2, 0) is 0 Å². The van der Waals surface area contributed by atoms with E-state index in [9.17, 15) is 9.18 Å². The summed E-state index contributed by atoms with van der Waals surface area (Å²) in [6.07, 6.45) is 0.560. The Balaban J connectivity index is 1.80. The maximum absolute atomic E-state index is 13.6. The molecule has 0 radical (unpaired) electrons. The van der Waals surface area contributed by atoms with E-state index in [-0.39, 0.29) is 17.9 Å². The molecular formula is C19H21FN2O2. The summed E-state index contributed by atoms with van der Waals surface area (Å²) in [6, 6.07) is 11.3. The lowest BCUT2D eigenvalue weighted by atomic mass is 9.89. The Hall–Kier alpha value is -2.56. The van der Waals surface area contributed by atoms with E-state index in [2.05, 4.69) is 10.6 Å². The average Bonchev–Trinajstić information content (AvgIpc) is 2.49. The highest BCUT2D eigenvalue weighted by Crippen LogP contribution is 2.39. The Morgan fingerprint density at radius 2 is 2.00 bits per heavy atom. The van der Waals surface area contributed by atoms with Gasteiger partial charge in [0.2, 0.25) is 0 Å². The van der Waals surface area contributed by atoms with Crippen molar-refractivity contribution in [2.45, 2.75) is 38.8 Å². The second-order valence-corrected chi connectivity index (χ2v) is 6.71. The van der Waals surface area contributed by atoms with Gasteiger partial charge in [0, 0.05) is 17.7 Å². The molecule has 1 atom stereocenters. The predicted molar refractivity (Wildman–Crippen MR) is 91.8 cm³/mol. The quantitative estimate of drug-likeness (QED) is 0.849. The van der Waals surface area contributed by atoms with Gasteiger partial charge in [-0.05, 0) is 50.6 Å². The zero-order chi connectivity index (χ0) is 17.3. The Labute approximate surface area is 141 Å². The van der Waals surface area contributed by atoms with Crippen LogP contribution >= 0.6 is 0 Å². The van der Waals surface area contributed by atoms with Crippen LogP contribution in [-0.4, -0.2) is 11.6 Å². The van der Waals surface area contributed by atoms with Crippen LogP contribution in [0.1, 0.15) is 37.4 Å². The van der Waals surface area contributed by atoms with Crippen molar-refractivity contribution in [1.29, 1.82) is 0 Å². The summed E-state index contributed by atoms with van der Waals surface area (Å²) in [7, 11) is 0. The molecule has 0 saturated carbocycles. The van der Waals surface area contributed by atoms with Gasteiger partial charge in [0.05, 0.1) is 6.04 Å². The molecule has 1 aliphatic rings. The van der Waals surface area contributed by atoms with E-state index in [1.54, 1.807) is 6.07 Å². The standard InChI is InChI=1S/C19H21FN2O2/c1-12-6-4-5-7-15(12)21-18(23)22-16-11-19(2,3)24-17-9-8-13(20)10-14(16)17/h4-10,16H,11H2,1-3H3,(H2,21,22,23)/t16-/m1/s1. The Morgan fingerprint density at radius 1 is 1.25 bits per heavy atom. The molecule has 1 aliphatic heterocycles. The minimum atomic E-state index is -0.439. The van der Waals surface area contributed by atoms with Crippen molar-refractivity contribution < 1.29 is 13.9 Å². The molecule has 0 unspecified atom stereocenters. The first-order valence-corrected chi connectivity index (χ1v) is 7.96. The van der Waals surface area contributed by atoms with Crippen LogP contribution in [0.25, 0.3) is 0 Å². The summed E-state index contributed by atoms with van der Waals surface area (Å²) in [4.78, 5) is 12.4. The van der Waals surface area contributed by atoms with Gasteiger partial charge in [-0.1, -0.05) is 18.2 Å². The van der Waals surface area contributed by atoms with E-state index in [1.807, 2.05) is 45.0 Å². The Bertz CT molecular complexity index is 774. The molecular weight excluding hydrogens is 307 g/mol. The number of nitrogens with one attached hydrogen (secondary N) is 2. The summed E-state index contributed by atoms with van der Waals surface area (Å²) in [5, 5.41) is 5.78. The monoisotopic (exact) mass is 328 g/mol. The second kappa shape index (κ2) is 6.15. The normalized spacial score (nSPS) is 18.2. The number of urea groups is 1. The maximum atomic E-state index is 13.6. The van der Waals surface area contributed by atoms with Crippen molar-refractivity contribution in [3.8, 4) is 5.75 Å². The van der Waals surface area contributed by atoms with Gasteiger partial charge in [-0.2, -0.15) is 0 Å². The third kappa shape index (κ3) is 3.50. The molecule has 3 rings (SSSR count).